The predicted octanol–water partition coefficient (Wildman–Crippen LogP) is 4.82. The zero-order chi connectivity index (χ0) is 19.0. The smallest absolute Gasteiger partial charge is 0.0850 e. The van der Waals surface area contributed by atoms with Crippen LogP contribution in [0, 0.1) is 0 Å². The predicted molar refractivity (Wildman–Crippen MR) is 115 cm³/mol. The Morgan fingerprint density at radius 2 is 1.25 bits per heavy atom. The van der Waals surface area contributed by atoms with Crippen LogP contribution in [-0.2, 0) is 13.1 Å². The van der Waals surface area contributed by atoms with Crippen molar-refractivity contribution in [2.45, 2.75) is 31.5 Å². The van der Waals surface area contributed by atoms with Gasteiger partial charge in [0.05, 0.1) is 12.1 Å². The number of hydrogen-bond donors (Lipinski definition) is 1. The van der Waals surface area contributed by atoms with Gasteiger partial charge < -0.3 is 9.67 Å². The number of likely N-dealkylation sites (tertiary alicyclic amines) is 1. The molecule has 0 unspecified atom stereocenters. The highest BCUT2D eigenvalue weighted by atomic mass is 16.3. The lowest BCUT2D eigenvalue weighted by Crippen LogP contribution is -2.46. The molecular formula is C25H26N2O. The van der Waals surface area contributed by atoms with Crippen molar-refractivity contribution in [3.8, 4) is 0 Å². The van der Waals surface area contributed by atoms with E-state index in [0.29, 0.717) is 6.54 Å². The van der Waals surface area contributed by atoms with Gasteiger partial charge in [-0.05, 0) is 30.5 Å². The van der Waals surface area contributed by atoms with E-state index in [9.17, 15) is 5.11 Å². The maximum absolute atomic E-state index is 11.4. The van der Waals surface area contributed by atoms with Crippen molar-refractivity contribution >= 4 is 21.8 Å². The number of nitrogens with zero attached hydrogens (tertiary/aromatic N) is 2. The molecule has 3 heteroatoms. The Labute approximate surface area is 165 Å². The first-order valence-corrected chi connectivity index (χ1v) is 10.2. The highest BCUT2D eigenvalue weighted by molar-refractivity contribution is 6.07. The van der Waals surface area contributed by atoms with E-state index in [-0.39, 0.29) is 0 Å². The summed E-state index contributed by atoms with van der Waals surface area (Å²) in [7, 11) is 0. The molecule has 1 saturated heterocycles. The minimum absolute atomic E-state index is 0.653. The molecule has 28 heavy (non-hydrogen) atoms. The molecule has 3 nitrogen and oxygen atoms in total. The van der Waals surface area contributed by atoms with Crippen LogP contribution in [-0.4, -0.2) is 33.3 Å². The van der Waals surface area contributed by atoms with Crippen molar-refractivity contribution in [3.63, 3.8) is 0 Å². The second-order valence-corrected chi connectivity index (χ2v) is 8.11. The average molecular weight is 370 g/mol. The van der Waals surface area contributed by atoms with Gasteiger partial charge in [0.2, 0.25) is 0 Å². The molecule has 0 aliphatic carbocycles. The van der Waals surface area contributed by atoms with Crippen LogP contribution in [0.4, 0.5) is 0 Å². The van der Waals surface area contributed by atoms with Gasteiger partial charge in [-0.25, -0.2) is 0 Å². The summed E-state index contributed by atoms with van der Waals surface area (Å²) in [5.74, 6) is 0. The van der Waals surface area contributed by atoms with Crippen molar-refractivity contribution in [2.75, 3.05) is 13.1 Å². The summed E-state index contributed by atoms with van der Waals surface area (Å²) < 4.78 is 2.32. The summed E-state index contributed by atoms with van der Waals surface area (Å²) in [6.45, 7) is 3.48. The number of aliphatic hydroxyl groups is 1. The first-order chi connectivity index (χ1) is 13.7. The van der Waals surface area contributed by atoms with E-state index in [2.05, 4.69) is 88.3 Å². The standard InChI is InChI=1S/C25H26N2O/c28-25(14-16-26(17-15-25)18-20-8-2-1-3-9-20)19-27-23-12-6-4-10-21(23)22-11-5-7-13-24(22)27/h1-13,28H,14-19H2. The minimum atomic E-state index is -0.655. The molecule has 1 aromatic heterocycles. The number of piperidine rings is 1. The second-order valence-electron chi connectivity index (χ2n) is 8.11. The molecule has 2 heterocycles. The van der Waals surface area contributed by atoms with Crippen LogP contribution < -0.4 is 0 Å². The Hall–Kier alpha value is -2.62. The highest BCUT2D eigenvalue weighted by Gasteiger charge is 2.33. The number of benzene rings is 3. The van der Waals surface area contributed by atoms with Crippen LogP contribution in [0.1, 0.15) is 18.4 Å². The third-order valence-corrected chi connectivity index (χ3v) is 6.17. The van der Waals surface area contributed by atoms with Crippen molar-refractivity contribution in [3.05, 3.63) is 84.4 Å². The van der Waals surface area contributed by atoms with E-state index in [1.165, 1.54) is 27.4 Å². The Balaban J connectivity index is 1.38. The molecule has 0 atom stereocenters. The molecule has 0 amide bonds. The minimum Gasteiger partial charge on any atom is -0.388 e. The monoisotopic (exact) mass is 370 g/mol. The van der Waals surface area contributed by atoms with E-state index in [1.807, 2.05) is 0 Å². The van der Waals surface area contributed by atoms with Gasteiger partial charge >= 0.3 is 0 Å². The molecule has 0 bridgehead atoms. The van der Waals surface area contributed by atoms with Crippen LogP contribution in [0.5, 0.6) is 0 Å². The maximum atomic E-state index is 11.4. The molecule has 1 N–H and O–H groups in total. The van der Waals surface area contributed by atoms with Gasteiger partial charge in [-0.2, -0.15) is 0 Å². The lowest BCUT2D eigenvalue weighted by molar-refractivity contribution is -0.0341. The molecule has 0 radical (unpaired) electrons. The number of fused-ring (bicyclic) bond motifs is 3. The molecule has 4 aromatic rings. The number of para-hydroxylation sites is 2. The average Bonchev–Trinajstić information content (AvgIpc) is 3.05. The summed E-state index contributed by atoms with van der Waals surface area (Å²) in [6, 6.07) is 27.7. The molecule has 1 fully saturated rings. The van der Waals surface area contributed by atoms with Gasteiger partial charge in [0.25, 0.3) is 0 Å². The molecule has 3 aromatic carbocycles. The van der Waals surface area contributed by atoms with Crippen LogP contribution in [0.15, 0.2) is 78.9 Å². The lowest BCUT2D eigenvalue weighted by atomic mass is 9.91. The van der Waals surface area contributed by atoms with Crippen molar-refractivity contribution in [1.29, 1.82) is 0 Å². The fraction of sp³-hybridized carbons (Fsp3) is 0.280. The van der Waals surface area contributed by atoms with Crippen molar-refractivity contribution in [1.82, 2.24) is 9.47 Å². The van der Waals surface area contributed by atoms with Gasteiger partial charge in [0.1, 0.15) is 0 Å². The summed E-state index contributed by atoms with van der Waals surface area (Å²) >= 11 is 0. The Bertz CT molecular complexity index is 1040. The molecular weight excluding hydrogens is 344 g/mol. The zero-order valence-electron chi connectivity index (χ0n) is 16.1. The zero-order valence-corrected chi connectivity index (χ0v) is 16.1. The van der Waals surface area contributed by atoms with E-state index < -0.39 is 5.60 Å². The van der Waals surface area contributed by atoms with Gasteiger partial charge in [0, 0.05) is 41.4 Å². The third kappa shape index (κ3) is 3.21. The number of aromatic nitrogens is 1. The van der Waals surface area contributed by atoms with Gasteiger partial charge in [0.15, 0.2) is 0 Å². The van der Waals surface area contributed by atoms with E-state index >= 15 is 0 Å². The fourth-order valence-electron chi connectivity index (χ4n) is 4.60. The second kappa shape index (κ2) is 7.08. The van der Waals surface area contributed by atoms with Crippen LogP contribution in [0.3, 0.4) is 0 Å². The maximum Gasteiger partial charge on any atom is 0.0850 e. The first-order valence-electron chi connectivity index (χ1n) is 10.2. The molecule has 1 aliphatic rings. The molecule has 0 saturated carbocycles. The normalized spacial score (nSPS) is 17.3. The molecule has 0 spiro atoms. The fourth-order valence-corrected chi connectivity index (χ4v) is 4.60. The first kappa shape index (κ1) is 17.5. The summed E-state index contributed by atoms with van der Waals surface area (Å²) in [5, 5.41) is 13.9. The van der Waals surface area contributed by atoms with Gasteiger partial charge in [-0.3, -0.25) is 4.90 Å². The van der Waals surface area contributed by atoms with E-state index in [1.54, 1.807) is 0 Å². The highest BCUT2D eigenvalue weighted by Crippen LogP contribution is 2.33. The van der Waals surface area contributed by atoms with Crippen LogP contribution >= 0.6 is 0 Å². The molecule has 142 valence electrons. The quantitative estimate of drug-likeness (QED) is 0.558. The lowest BCUT2D eigenvalue weighted by Gasteiger charge is -2.38. The Morgan fingerprint density at radius 3 is 1.86 bits per heavy atom. The van der Waals surface area contributed by atoms with Crippen molar-refractivity contribution < 1.29 is 5.11 Å². The van der Waals surface area contributed by atoms with Gasteiger partial charge in [-0.15, -0.1) is 0 Å². The molecule has 5 rings (SSSR count). The number of hydrogen-bond acceptors (Lipinski definition) is 2. The van der Waals surface area contributed by atoms with Gasteiger partial charge in [-0.1, -0.05) is 66.7 Å². The largest absolute Gasteiger partial charge is 0.388 e. The third-order valence-electron chi connectivity index (χ3n) is 6.17. The Morgan fingerprint density at radius 1 is 0.714 bits per heavy atom. The van der Waals surface area contributed by atoms with E-state index in [0.717, 1.165) is 32.5 Å². The van der Waals surface area contributed by atoms with Crippen LogP contribution in [0.25, 0.3) is 21.8 Å². The summed E-state index contributed by atoms with van der Waals surface area (Å²) in [5.41, 5.74) is 3.11. The topological polar surface area (TPSA) is 28.4 Å². The summed E-state index contributed by atoms with van der Waals surface area (Å²) in [6.07, 6.45) is 1.61. The van der Waals surface area contributed by atoms with E-state index in [4.69, 9.17) is 0 Å². The summed E-state index contributed by atoms with van der Waals surface area (Å²) in [4.78, 5) is 2.45. The SMILES string of the molecule is OC1(Cn2c3ccccc3c3ccccc32)CCN(Cc2ccccc2)CC1. The number of rotatable bonds is 4. The van der Waals surface area contributed by atoms with Crippen molar-refractivity contribution in [2.24, 2.45) is 0 Å². The molecule has 1 aliphatic heterocycles. The Kier molecular flexibility index (Phi) is 4.42. The van der Waals surface area contributed by atoms with Crippen LogP contribution in [0.2, 0.25) is 0 Å².